The van der Waals surface area contributed by atoms with Crippen molar-refractivity contribution < 1.29 is 9.59 Å². The molecule has 1 saturated heterocycles. The minimum atomic E-state index is -0.336. The Morgan fingerprint density at radius 2 is 2.00 bits per heavy atom. The molecule has 3 nitrogen and oxygen atoms in total. The molecule has 1 atom stereocenters. The summed E-state index contributed by atoms with van der Waals surface area (Å²) < 4.78 is 0. The van der Waals surface area contributed by atoms with Gasteiger partial charge in [-0.25, -0.2) is 0 Å². The van der Waals surface area contributed by atoms with E-state index in [1.807, 2.05) is 32.6 Å². The molecule has 0 radical (unpaired) electrons. The van der Waals surface area contributed by atoms with E-state index in [1.165, 1.54) is 0 Å². The van der Waals surface area contributed by atoms with Crippen LogP contribution >= 0.6 is 0 Å². The van der Waals surface area contributed by atoms with Crippen LogP contribution in [0.3, 0.4) is 0 Å². The molecule has 0 aromatic carbocycles. The average Bonchev–Trinajstić information content (AvgIpc) is 2.71. The molecule has 1 rings (SSSR count). The molecule has 1 heterocycles. The molecular formula is C15H27NO2. The lowest BCUT2D eigenvalue weighted by Crippen LogP contribution is -2.41. The number of nitrogens with zero attached hydrogens (tertiary/aromatic N) is 1. The molecule has 3 heteroatoms. The quantitative estimate of drug-likeness (QED) is 0.729. The Hall–Kier alpha value is -0.860. The number of amides is 1. The van der Waals surface area contributed by atoms with E-state index in [9.17, 15) is 9.59 Å². The van der Waals surface area contributed by atoms with E-state index in [2.05, 4.69) is 6.92 Å². The maximum absolute atomic E-state index is 12.2. The summed E-state index contributed by atoms with van der Waals surface area (Å²) >= 11 is 0. The van der Waals surface area contributed by atoms with Crippen LogP contribution in [0.15, 0.2) is 0 Å². The lowest BCUT2D eigenvalue weighted by molar-refractivity contribution is -0.135. The molecule has 0 spiro atoms. The standard InChI is InChI=1S/C15H27NO2/c1-6-12(16-9-7-8-13(16)17)10-15(4,5)14(18)11(2)3/h11-12H,6-10H2,1-5H3. The molecule has 18 heavy (non-hydrogen) atoms. The highest BCUT2D eigenvalue weighted by Gasteiger charge is 2.36. The maximum Gasteiger partial charge on any atom is 0.222 e. The lowest BCUT2D eigenvalue weighted by atomic mass is 9.77. The topological polar surface area (TPSA) is 37.4 Å². The van der Waals surface area contributed by atoms with Crippen molar-refractivity contribution in [1.82, 2.24) is 4.90 Å². The third kappa shape index (κ3) is 3.33. The van der Waals surface area contributed by atoms with Gasteiger partial charge in [0.2, 0.25) is 5.91 Å². The maximum atomic E-state index is 12.2. The Morgan fingerprint density at radius 1 is 1.39 bits per heavy atom. The monoisotopic (exact) mass is 253 g/mol. The van der Waals surface area contributed by atoms with E-state index in [1.54, 1.807) is 0 Å². The van der Waals surface area contributed by atoms with Crippen LogP contribution in [0, 0.1) is 11.3 Å². The normalized spacial score (nSPS) is 18.6. The van der Waals surface area contributed by atoms with E-state index >= 15 is 0 Å². The fraction of sp³-hybridized carbons (Fsp3) is 0.867. The van der Waals surface area contributed by atoms with Crippen molar-refractivity contribution in [1.29, 1.82) is 0 Å². The predicted molar refractivity (Wildman–Crippen MR) is 73.3 cm³/mol. The molecule has 0 N–H and O–H groups in total. The number of Topliss-reactive ketones (excluding diaryl/α,β-unsaturated/α-hetero) is 1. The van der Waals surface area contributed by atoms with Crippen LogP contribution in [0.1, 0.15) is 60.3 Å². The third-order valence-corrected chi connectivity index (χ3v) is 3.96. The molecule has 1 aliphatic rings. The summed E-state index contributed by atoms with van der Waals surface area (Å²) in [5, 5.41) is 0. The zero-order valence-electron chi connectivity index (χ0n) is 12.5. The van der Waals surface area contributed by atoms with Gasteiger partial charge < -0.3 is 4.90 Å². The molecule has 0 bridgehead atoms. The largest absolute Gasteiger partial charge is 0.340 e. The highest BCUT2D eigenvalue weighted by Crippen LogP contribution is 2.31. The van der Waals surface area contributed by atoms with Gasteiger partial charge >= 0.3 is 0 Å². The van der Waals surface area contributed by atoms with Crippen molar-refractivity contribution in [3.05, 3.63) is 0 Å². The van der Waals surface area contributed by atoms with Crippen LogP contribution in [0.5, 0.6) is 0 Å². The molecule has 1 aliphatic heterocycles. The molecule has 0 aliphatic carbocycles. The van der Waals surface area contributed by atoms with Gasteiger partial charge in [-0.15, -0.1) is 0 Å². The number of rotatable bonds is 6. The van der Waals surface area contributed by atoms with Crippen LogP contribution in [0.25, 0.3) is 0 Å². The van der Waals surface area contributed by atoms with Crippen LogP contribution in [-0.4, -0.2) is 29.2 Å². The van der Waals surface area contributed by atoms with Crippen molar-refractivity contribution in [3.63, 3.8) is 0 Å². The van der Waals surface area contributed by atoms with Crippen molar-refractivity contribution >= 4 is 11.7 Å². The number of hydrogen-bond donors (Lipinski definition) is 0. The second-order valence-electron chi connectivity index (χ2n) is 6.36. The van der Waals surface area contributed by atoms with E-state index < -0.39 is 0 Å². The van der Waals surface area contributed by atoms with Gasteiger partial charge in [0.15, 0.2) is 0 Å². The van der Waals surface area contributed by atoms with Crippen LogP contribution < -0.4 is 0 Å². The highest BCUT2D eigenvalue weighted by atomic mass is 16.2. The lowest BCUT2D eigenvalue weighted by Gasteiger charge is -2.34. The van der Waals surface area contributed by atoms with Crippen molar-refractivity contribution in [2.24, 2.45) is 11.3 Å². The first-order chi connectivity index (χ1) is 8.29. The Balaban J connectivity index is 2.73. The molecule has 0 aromatic heterocycles. The van der Waals surface area contributed by atoms with Gasteiger partial charge in [-0.05, 0) is 19.3 Å². The average molecular weight is 253 g/mol. The second-order valence-corrected chi connectivity index (χ2v) is 6.36. The number of ketones is 1. The smallest absolute Gasteiger partial charge is 0.222 e. The molecule has 0 aromatic rings. The molecule has 1 unspecified atom stereocenters. The fourth-order valence-electron chi connectivity index (χ4n) is 3.00. The van der Waals surface area contributed by atoms with Crippen molar-refractivity contribution in [2.75, 3.05) is 6.54 Å². The fourth-order valence-corrected chi connectivity index (χ4v) is 3.00. The summed E-state index contributed by atoms with van der Waals surface area (Å²) in [5.41, 5.74) is -0.336. The number of hydrogen-bond acceptors (Lipinski definition) is 2. The first-order valence-corrected chi connectivity index (χ1v) is 7.13. The number of carbonyl (C=O) groups is 2. The first kappa shape index (κ1) is 15.2. The van der Waals surface area contributed by atoms with Crippen LogP contribution in [0.4, 0.5) is 0 Å². The van der Waals surface area contributed by atoms with Crippen molar-refractivity contribution in [2.45, 2.75) is 66.3 Å². The van der Waals surface area contributed by atoms with E-state index in [4.69, 9.17) is 0 Å². The highest BCUT2D eigenvalue weighted by molar-refractivity contribution is 5.86. The minimum Gasteiger partial charge on any atom is -0.340 e. The molecule has 104 valence electrons. The van der Waals surface area contributed by atoms with Gasteiger partial charge in [0.1, 0.15) is 5.78 Å². The van der Waals surface area contributed by atoms with E-state index in [0.717, 1.165) is 25.8 Å². The number of likely N-dealkylation sites (tertiary alicyclic amines) is 1. The van der Waals surface area contributed by atoms with Gasteiger partial charge in [0.25, 0.3) is 0 Å². The van der Waals surface area contributed by atoms with Gasteiger partial charge in [0, 0.05) is 30.3 Å². The summed E-state index contributed by atoms with van der Waals surface area (Å²) in [6.07, 6.45) is 3.36. The molecule has 0 saturated carbocycles. The zero-order chi connectivity index (χ0) is 13.9. The summed E-state index contributed by atoms with van der Waals surface area (Å²) in [7, 11) is 0. The van der Waals surface area contributed by atoms with Crippen LogP contribution in [0.2, 0.25) is 0 Å². The Morgan fingerprint density at radius 3 is 2.39 bits per heavy atom. The zero-order valence-corrected chi connectivity index (χ0v) is 12.5. The summed E-state index contributed by atoms with van der Waals surface area (Å²) in [5.74, 6) is 0.619. The summed E-state index contributed by atoms with van der Waals surface area (Å²) in [6.45, 7) is 10.9. The van der Waals surface area contributed by atoms with Crippen LogP contribution in [-0.2, 0) is 9.59 Å². The number of carbonyl (C=O) groups excluding carboxylic acids is 2. The third-order valence-electron chi connectivity index (χ3n) is 3.96. The van der Waals surface area contributed by atoms with Gasteiger partial charge in [0.05, 0.1) is 0 Å². The predicted octanol–water partition coefficient (Wildman–Crippen LogP) is 3.03. The Kier molecular flexibility index (Phi) is 4.94. The van der Waals surface area contributed by atoms with Gasteiger partial charge in [-0.2, -0.15) is 0 Å². The van der Waals surface area contributed by atoms with Gasteiger partial charge in [-0.3, -0.25) is 9.59 Å². The van der Waals surface area contributed by atoms with Crippen molar-refractivity contribution in [3.8, 4) is 0 Å². The molecular weight excluding hydrogens is 226 g/mol. The Labute approximate surface area is 111 Å². The van der Waals surface area contributed by atoms with E-state index in [-0.39, 0.29) is 23.3 Å². The van der Waals surface area contributed by atoms with Gasteiger partial charge in [-0.1, -0.05) is 34.6 Å². The summed E-state index contributed by atoms with van der Waals surface area (Å²) in [6, 6.07) is 0.220. The minimum absolute atomic E-state index is 0.0618. The Bertz CT molecular complexity index is 320. The molecule has 1 amide bonds. The molecule has 1 fully saturated rings. The first-order valence-electron chi connectivity index (χ1n) is 7.13. The summed E-state index contributed by atoms with van der Waals surface area (Å²) in [4.78, 5) is 26.0. The second kappa shape index (κ2) is 5.85. The van der Waals surface area contributed by atoms with E-state index in [0.29, 0.717) is 12.2 Å². The SMILES string of the molecule is CCC(CC(C)(C)C(=O)C(C)C)N1CCCC1=O.